The van der Waals surface area contributed by atoms with Crippen molar-refractivity contribution in [2.75, 3.05) is 27.9 Å². The van der Waals surface area contributed by atoms with Crippen LogP contribution < -0.4 is 9.47 Å². The normalized spacial score (nSPS) is 26.6. The van der Waals surface area contributed by atoms with Gasteiger partial charge in [-0.1, -0.05) is 13.0 Å². The maximum atomic E-state index is 12.7. The van der Waals surface area contributed by atoms with Crippen LogP contribution >= 0.6 is 0 Å². The van der Waals surface area contributed by atoms with Gasteiger partial charge in [-0.15, -0.1) is 0 Å². The molecule has 1 N–H and O–H groups in total. The Hall–Kier alpha value is -2.61. The molecule has 0 bridgehead atoms. The molecule has 0 amide bonds. The number of rotatable bonds is 7. The van der Waals surface area contributed by atoms with Crippen molar-refractivity contribution in [3.8, 4) is 11.5 Å². The van der Waals surface area contributed by atoms with Crippen LogP contribution in [0.5, 0.6) is 11.5 Å². The van der Waals surface area contributed by atoms with Crippen LogP contribution in [0.2, 0.25) is 0 Å². The van der Waals surface area contributed by atoms with Crippen LogP contribution in [0.25, 0.3) is 0 Å². The molecule has 1 aliphatic carbocycles. The average molecular weight is 408 g/mol. The molecule has 1 aromatic rings. The Kier molecular flexibility index (Phi) is 7.24. The molecule has 8 nitrogen and oxygen atoms in total. The number of ketones is 1. The summed E-state index contributed by atoms with van der Waals surface area (Å²) < 4.78 is 20.8. The molecule has 1 aromatic carbocycles. The van der Waals surface area contributed by atoms with E-state index in [0.717, 1.165) is 6.42 Å². The molecule has 1 saturated carbocycles. The van der Waals surface area contributed by atoms with Crippen LogP contribution in [0.1, 0.15) is 38.2 Å². The number of aliphatic hydroxyl groups is 1. The standard InChI is InChI=1S/C21H28O8/c1-6-9-29-14-8-7-12(10-15(14)26-3)16-17(19(23)27-4)13(22)11-21(2,25)18(16)20(24)28-5/h7-8,10,16-18,25H,6,9,11H2,1-5H3/t16-,17-,18-,21+/m1/s1. The third-order valence-corrected chi connectivity index (χ3v) is 5.21. The van der Waals surface area contributed by atoms with Gasteiger partial charge in [0.2, 0.25) is 0 Å². The number of methoxy groups -OCH3 is 3. The van der Waals surface area contributed by atoms with Gasteiger partial charge in [-0.25, -0.2) is 0 Å². The Balaban J connectivity index is 2.63. The smallest absolute Gasteiger partial charge is 0.316 e. The van der Waals surface area contributed by atoms with Crippen LogP contribution in [-0.2, 0) is 23.9 Å². The minimum Gasteiger partial charge on any atom is -0.493 e. The van der Waals surface area contributed by atoms with Crippen LogP contribution in [-0.4, -0.2) is 56.4 Å². The summed E-state index contributed by atoms with van der Waals surface area (Å²) in [4.78, 5) is 37.8. The number of carbonyl (C=O) groups is 3. The SMILES string of the molecule is CCCOc1ccc([C@@H]2[C@H](C(=O)OC)C(=O)C[C@](C)(O)[C@H]2C(=O)OC)cc1OC. The van der Waals surface area contributed by atoms with Crippen LogP contribution in [0.4, 0.5) is 0 Å². The topological polar surface area (TPSA) is 108 Å². The lowest BCUT2D eigenvalue weighted by Crippen LogP contribution is -2.55. The lowest BCUT2D eigenvalue weighted by Gasteiger charge is -2.43. The third kappa shape index (κ3) is 4.53. The first-order valence-corrected chi connectivity index (χ1v) is 9.43. The van der Waals surface area contributed by atoms with E-state index in [1.807, 2.05) is 6.92 Å². The summed E-state index contributed by atoms with van der Waals surface area (Å²) in [5.74, 6) is -4.49. The fourth-order valence-electron chi connectivity index (χ4n) is 3.89. The second-order valence-corrected chi connectivity index (χ2v) is 7.29. The molecule has 29 heavy (non-hydrogen) atoms. The summed E-state index contributed by atoms with van der Waals surface area (Å²) in [7, 11) is 3.84. The lowest BCUT2D eigenvalue weighted by molar-refractivity contribution is -0.170. The van der Waals surface area contributed by atoms with Gasteiger partial charge in [0.05, 0.1) is 39.5 Å². The summed E-state index contributed by atoms with van der Waals surface area (Å²) in [5, 5.41) is 10.9. The van der Waals surface area contributed by atoms with Crippen LogP contribution in [0.15, 0.2) is 18.2 Å². The Morgan fingerprint density at radius 3 is 2.34 bits per heavy atom. The van der Waals surface area contributed by atoms with Gasteiger partial charge in [-0.05, 0) is 31.0 Å². The van der Waals surface area contributed by atoms with Crippen molar-refractivity contribution in [2.45, 2.75) is 38.2 Å². The first-order chi connectivity index (χ1) is 13.7. The van der Waals surface area contributed by atoms with E-state index >= 15 is 0 Å². The Morgan fingerprint density at radius 2 is 1.79 bits per heavy atom. The predicted octanol–water partition coefficient (Wildman–Crippen LogP) is 1.87. The second-order valence-electron chi connectivity index (χ2n) is 7.29. The van der Waals surface area contributed by atoms with Crippen molar-refractivity contribution in [1.29, 1.82) is 0 Å². The monoisotopic (exact) mass is 408 g/mol. The largest absolute Gasteiger partial charge is 0.493 e. The maximum Gasteiger partial charge on any atom is 0.316 e. The van der Waals surface area contributed by atoms with E-state index in [1.165, 1.54) is 28.3 Å². The first-order valence-electron chi connectivity index (χ1n) is 9.43. The van der Waals surface area contributed by atoms with Gasteiger partial charge in [-0.2, -0.15) is 0 Å². The van der Waals surface area contributed by atoms with E-state index in [2.05, 4.69) is 0 Å². The Labute approximate surface area is 170 Å². The van der Waals surface area contributed by atoms with Crippen LogP contribution in [0, 0.1) is 11.8 Å². The van der Waals surface area contributed by atoms with Gasteiger partial charge >= 0.3 is 11.9 Å². The van der Waals surface area contributed by atoms with E-state index in [9.17, 15) is 19.5 Å². The molecule has 0 radical (unpaired) electrons. The molecule has 0 saturated heterocycles. The average Bonchev–Trinajstić information content (AvgIpc) is 2.69. The van der Waals surface area contributed by atoms with Crippen LogP contribution in [0.3, 0.4) is 0 Å². The molecule has 0 spiro atoms. The van der Waals surface area contributed by atoms with Crippen molar-refractivity contribution in [2.24, 2.45) is 11.8 Å². The second kappa shape index (κ2) is 9.26. The molecule has 1 aliphatic rings. The lowest BCUT2D eigenvalue weighted by atomic mass is 9.61. The first kappa shape index (κ1) is 22.7. The van der Waals surface area contributed by atoms with Crippen molar-refractivity contribution in [3.05, 3.63) is 23.8 Å². The van der Waals surface area contributed by atoms with Crippen molar-refractivity contribution < 1.29 is 38.4 Å². The Bertz CT molecular complexity index is 770. The van der Waals surface area contributed by atoms with E-state index in [0.29, 0.717) is 23.7 Å². The van der Waals surface area contributed by atoms with Crippen molar-refractivity contribution in [1.82, 2.24) is 0 Å². The minimum atomic E-state index is -1.69. The fraction of sp³-hybridized carbons (Fsp3) is 0.571. The van der Waals surface area contributed by atoms with E-state index in [4.69, 9.17) is 18.9 Å². The van der Waals surface area contributed by atoms with Crippen molar-refractivity contribution in [3.63, 3.8) is 0 Å². The number of ether oxygens (including phenoxy) is 4. The quantitative estimate of drug-likeness (QED) is 0.538. The summed E-state index contributed by atoms with van der Waals surface area (Å²) >= 11 is 0. The third-order valence-electron chi connectivity index (χ3n) is 5.21. The predicted molar refractivity (Wildman–Crippen MR) is 103 cm³/mol. The summed E-state index contributed by atoms with van der Waals surface area (Å²) in [5.41, 5.74) is -1.23. The molecule has 160 valence electrons. The number of carbonyl (C=O) groups excluding carboxylic acids is 3. The molecule has 1 fully saturated rings. The zero-order valence-electron chi connectivity index (χ0n) is 17.4. The van der Waals surface area contributed by atoms with Gasteiger partial charge in [0.25, 0.3) is 0 Å². The van der Waals surface area contributed by atoms with E-state index < -0.39 is 41.1 Å². The summed E-state index contributed by atoms with van der Waals surface area (Å²) in [6, 6.07) is 4.91. The number of benzene rings is 1. The number of hydrogen-bond acceptors (Lipinski definition) is 8. The van der Waals surface area contributed by atoms with E-state index in [1.54, 1.807) is 18.2 Å². The van der Waals surface area contributed by atoms with E-state index in [-0.39, 0.29) is 6.42 Å². The Morgan fingerprint density at radius 1 is 1.14 bits per heavy atom. The number of hydrogen-bond donors (Lipinski definition) is 1. The summed E-state index contributed by atoms with van der Waals surface area (Å²) in [6.07, 6.45) is 0.442. The molecule has 0 unspecified atom stereocenters. The molecular weight excluding hydrogens is 380 g/mol. The molecule has 0 aromatic heterocycles. The molecule has 2 rings (SSSR count). The highest BCUT2D eigenvalue weighted by Gasteiger charge is 2.57. The van der Waals surface area contributed by atoms with Crippen molar-refractivity contribution >= 4 is 17.7 Å². The highest BCUT2D eigenvalue weighted by molar-refractivity contribution is 6.02. The molecular formula is C21H28O8. The maximum absolute atomic E-state index is 12.7. The summed E-state index contributed by atoms with van der Waals surface area (Å²) in [6.45, 7) is 3.85. The zero-order chi connectivity index (χ0) is 21.8. The number of esters is 2. The zero-order valence-corrected chi connectivity index (χ0v) is 17.4. The minimum absolute atomic E-state index is 0.363. The van der Waals surface area contributed by atoms with Gasteiger partial charge < -0.3 is 24.1 Å². The highest BCUT2D eigenvalue weighted by atomic mass is 16.5. The number of Topliss-reactive ketones (excluding diaryl/α,β-unsaturated/α-hetero) is 1. The van der Waals surface area contributed by atoms with Gasteiger partial charge in [0.15, 0.2) is 17.3 Å². The molecule has 8 heteroatoms. The van der Waals surface area contributed by atoms with Gasteiger partial charge in [-0.3, -0.25) is 14.4 Å². The molecule has 4 atom stereocenters. The highest BCUT2D eigenvalue weighted by Crippen LogP contribution is 2.48. The molecule has 0 aliphatic heterocycles. The fourth-order valence-corrected chi connectivity index (χ4v) is 3.89. The molecule has 0 heterocycles. The van der Waals surface area contributed by atoms with Gasteiger partial charge in [0.1, 0.15) is 5.92 Å². The van der Waals surface area contributed by atoms with Gasteiger partial charge in [0, 0.05) is 12.3 Å².